The lowest BCUT2D eigenvalue weighted by Gasteiger charge is -2.12. The van der Waals surface area contributed by atoms with Crippen LogP contribution in [0.3, 0.4) is 0 Å². The lowest BCUT2D eigenvalue weighted by atomic mass is 10.0. The van der Waals surface area contributed by atoms with E-state index in [9.17, 15) is 34.6 Å². The highest BCUT2D eigenvalue weighted by molar-refractivity contribution is 9.10. The van der Waals surface area contributed by atoms with Crippen molar-refractivity contribution in [2.75, 3.05) is 11.9 Å². The number of carbonyl (C=O) groups is 3. The molecule has 35 heavy (non-hydrogen) atoms. The van der Waals surface area contributed by atoms with Crippen molar-refractivity contribution < 1.29 is 29.0 Å². The number of nitro groups is 2. The number of carbonyl (C=O) groups excluding carboxylic acids is 3. The van der Waals surface area contributed by atoms with Crippen LogP contribution in [-0.4, -0.2) is 34.1 Å². The summed E-state index contributed by atoms with van der Waals surface area (Å²) >= 11 is 3.25. The van der Waals surface area contributed by atoms with Crippen LogP contribution >= 0.6 is 15.9 Å². The zero-order chi connectivity index (χ0) is 25.7. The van der Waals surface area contributed by atoms with E-state index >= 15 is 0 Å². The molecule has 1 N–H and O–H groups in total. The maximum absolute atomic E-state index is 13.0. The molecule has 0 aliphatic heterocycles. The number of nitrogens with zero attached hydrogens (tertiary/aromatic N) is 2. The highest BCUT2D eigenvalue weighted by Gasteiger charge is 2.29. The summed E-state index contributed by atoms with van der Waals surface area (Å²) in [6, 6.07) is 13.4. The first-order valence-electron chi connectivity index (χ1n) is 9.88. The largest absolute Gasteiger partial charge is 0.454 e. The second-order valence-electron chi connectivity index (χ2n) is 7.17. The first-order valence-corrected chi connectivity index (χ1v) is 10.7. The fourth-order valence-corrected chi connectivity index (χ4v) is 3.38. The number of ketones is 1. The average Bonchev–Trinajstić information content (AvgIpc) is 2.83. The number of anilines is 1. The van der Waals surface area contributed by atoms with E-state index in [1.54, 1.807) is 12.1 Å². The molecule has 3 aromatic carbocycles. The lowest BCUT2D eigenvalue weighted by molar-refractivity contribution is -0.385. The number of rotatable bonds is 8. The molecule has 1 amide bonds. The van der Waals surface area contributed by atoms with Gasteiger partial charge in [-0.1, -0.05) is 34.1 Å². The molecule has 178 valence electrons. The van der Waals surface area contributed by atoms with Crippen LogP contribution in [0.5, 0.6) is 0 Å². The van der Waals surface area contributed by atoms with Crippen LogP contribution in [0.4, 0.5) is 17.1 Å². The van der Waals surface area contributed by atoms with E-state index in [0.717, 1.165) is 22.7 Å². The van der Waals surface area contributed by atoms with Crippen LogP contribution in [-0.2, 0) is 4.74 Å². The second-order valence-corrected chi connectivity index (χ2v) is 8.09. The molecular formula is C23H16BrN3O8. The molecule has 0 unspecified atom stereocenters. The van der Waals surface area contributed by atoms with Crippen LogP contribution in [0.1, 0.15) is 36.6 Å². The molecule has 0 bridgehead atoms. The van der Waals surface area contributed by atoms with E-state index in [0.29, 0.717) is 5.56 Å². The number of ether oxygens (including phenoxy) is 1. The summed E-state index contributed by atoms with van der Waals surface area (Å²) in [5.74, 6) is -2.62. The fraction of sp³-hybridized carbons (Fsp3) is 0.0870. The van der Waals surface area contributed by atoms with Gasteiger partial charge < -0.3 is 10.1 Å². The Balaban J connectivity index is 1.87. The van der Waals surface area contributed by atoms with Crippen molar-refractivity contribution in [1.82, 2.24) is 0 Å². The molecule has 0 heterocycles. The Morgan fingerprint density at radius 3 is 2.26 bits per heavy atom. The molecule has 3 rings (SSSR count). The summed E-state index contributed by atoms with van der Waals surface area (Å²) < 4.78 is 5.79. The van der Waals surface area contributed by atoms with Gasteiger partial charge in [-0.3, -0.25) is 29.8 Å². The van der Waals surface area contributed by atoms with Gasteiger partial charge in [0, 0.05) is 33.9 Å². The molecule has 0 aliphatic carbocycles. The summed E-state index contributed by atoms with van der Waals surface area (Å²) in [6.45, 7) is 0.858. The van der Waals surface area contributed by atoms with Gasteiger partial charge in [0.25, 0.3) is 17.3 Å². The molecular weight excluding hydrogens is 526 g/mol. The Labute approximate surface area is 206 Å². The van der Waals surface area contributed by atoms with Gasteiger partial charge in [-0.05, 0) is 36.8 Å². The van der Waals surface area contributed by atoms with Crippen molar-refractivity contribution in [2.24, 2.45) is 0 Å². The van der Waals surface area contributed by atoms with E-state index in [2.05, 4.69) is 21.2 Å². The highest BCUT2D eigenvalue weighted by atomic mass is 79.9. The summed E-state index contributed by atoms with van der Waals surface area (Å²) in [7, 11) is 0. The number of aryl methyl sites for hydroxylation is 1. The maximum atomic E-state index is 13.0. The van der Waals surface area contributed by atoms with Gasteiger partial charge in [0.1, 0.15) is 5.56 Å². The van der Waals surface area contributed by atoms with Gasteiger partial charge >= 0.3 is 5.97 Å². The number of hydrogen-bond acceptors (Lipinski definition) is 8. The molecule has 0 atom stereocenters. The van der Waals surface area contributed by atoms with Gasteiger partial charge in [-0.25, -0.2) is 4.79 Å². The van der Waals surface area contributed by atoms with Crippen molar-refractivity contribution >= 4 is 50.7 Å². The molecule has 0 saturated carbocycles. The van der Waals surface area contributed by atoms with Crippen LogP contribution < -0.4 is 5.32 Å². The lowest BCUT2D eigenvalue weighted by Crippen LogP contribution is -2.21. The highest BCUT2D eigenvalue weighted by Crippen LogP contribution is 2.27. The van der Waals surface area contributed by atoms with Crippen molar-refractivity contribution in [1.29, 1.82) is 0 Å². The number of esters is 1. The third-order valence-corrected chi connectivity index (χ3v) is 5.38. The van der Waals surface area contributed by atoms with Crippen molar-refractivity contribution in [2.45, 2.75) is 6.92 Å². The molecule has 11 nitrogen and oxygen atoms in total. The predicted octanol–water partition coefficient (Wildman–Crippen LogP) is 4.87. The van der Waals surface area contributed by atoms with Gasteiger partial charge in [-0.15, -0.1) is 0 Å². The van der Waals surface area contributed by atoms with Crippen LogP contribution in [0, 0.1) is 27.2 Å². The van der Waals surface area contributed by atoms with E-state index in [-0.39, 0.29) is 16.9 Å². The number of amides is 1. The van der Waals surface area contributed by atoms with E-state index in [1.165, 1.54) is 37.3 Å². The average molecular weight is 542 g/mol. The number of hydrogen-bond donors (Lipinski definition) is 1. The number of non-ortho nitro benzene ring substituents is 1. The third-order valence-electron chi connectivity index (χ3n) is 4.86. The zero-order valence-electron chi connectivity index (χ0n) is 18.0. The number of nitrogens with one attached hydrogen (secondary N) is 1. The van der Waals surface area contributed by atoms with E-state index < -0.39 is 50.9 Å². The quantitative estimate of drug-likeness (QED) is 0.183. The number of Topliss-reactive ketones (excluding diaryl/α,β-unsaturated/α-hetero) is 1. The van der Waals surface area contributed by atoms with Gasteiger partial charge in [0.15, 0.2) is 12.4 Å². The SMILES string of the molecule is Cc1cc([N+](=O)[O-])ccc1NC(=O)c1c(C(=O)OCC(=O)c2ccc(Br)cc2)cccc1[N+](=O)[O-]. The van der Waals surface area contributed by atoms with Gasteiger partial charge in [-0.2, -0.15) is 0 Å². The van der Waals surface area contributed by atoms with E-state index in [1.807, 2.05) is 0 Å². The topological polar surface area (TPSA) is 159 Å². The zero-order valence-corrected chi connectivity index (χ0v) is 19.6. The normalized spacial score (nSPS) is 10.3. The first-order chi connectivity index (χ1) is 16.6. The fourth-order valence-electron chi connectivity index (χ4n) is 3.12. The van der Waals surface area contributed by atoms with Crippen molar-refractivity contribution in [3.8, 4) is 0 Å². The summed E-state index contributed by atoms with van der Waals surface area (Å²) in [6.07, 6.45) is 0. The Morgan fingerprint density at radius 1 is 0.971 bits per heavy atom. The third kappa shape index (κ3) is 5.92. The molecule has 12 heteroatoms. The van der Waals surface area contributed by atoms with Crippen LogP contribution in [0.2, 0.25) is 0 Å². The Morgan fingerprint density at radius 2 is 1.66 bits per heavy atom. The molecule has 0 saturated heterocycles. The van der Waals surface area contributed by atoms with Crippen LogP contribution in [0.25, 0.3) is 0 Å². The monoisotopic (exact) mass is 541 g/mol. The molecule has 0 aromatic heterocycles. The summed E-state index contributed by atoms with van der Waals surface area (Å²) in [4.78, 5) is 59.1. The number of nitro benzene ring substituents is 2. The molecule has 3 aromatic rings. The standard InChI is InChI=1S/C23H16BrN3O8/c1-13-11-16(26(31)32)9-10-18(13)25-22(29)21-17(3-2-4-19(21)27(33)34)23(30)35-12-20(28)14-5-7-15(24)8-6-14/h2-11H,12H2,1H3,(H,25,29). The Bertz CT molecular complexity index is 1360. The minimum absolute atomic E-state index is 0.156. The molecule has 0 aliphatic rings. The van der Waals surface area contributed by atoms with Crippen molar-refractivity contribution in [3.05, 3.63) is 108 Å². The first kappa shape index (κ1) is 25.2. The Hall–Kier alpha value is -4.45. The molecule has 0 radical (unpaired) electrons. The number of benzene rings is 3. The van der Waals surface area contributed by atoms with Crippen molar-refractivity contribution in [3.63, 3.8) is 0 Å². The minimum atomic E-state index is -1.11. The van der Waals surface area contributed by atoms with Gasteiger partial charge in [0.05, 0.1) is 15.4 Å². The van der Waals surface area contributed by atoms with E-state index in [4.69, 9.17) is 4.74 Å². The number of halogens is 1. The molecule has 0 fully saturated rings. The minimum Gasteiger partial charge on any atom is -0.454 e. The maximum Gasteiger partial charge on any atom is 0.339 e. The molecule has 0 spiro atoms. The van der Waals surface area contributed by atoms with Gasteiger partial charge in [0.2, 0.25) is 0 Å². The summed E-state index contributed by atoms with van der Waals surface area (Å²) in [5.41, 5.74) is -1.08. The second kappa shape index (κ2) is 10.7. The van der Waals surface area contributed by atoms with Crippen LogP contribution in [0.15, 0.2) is 65.1 Å². The smallest absolute Gasteiger partial charge is 0.339 e. The predicted molar refractivity (Wildman–Crippen MR) is 128 cm³/mol. The summed E-state index contributed by atoms with van der Waals surface area (Å²) in [5, 5.41) is 24.9. The Kier molecular flexibility index (Phi) is 7.66.